The molecule has 2 nitrogen and oxygen atoms in total. The Labute approximate surface area is 99.8 Å². The average molecular weight is 231 g/mol. The van der Waals surface area contributed by atoms with Gasteiger partial charge in [0, 0.05) is 6.07 Å². The predicted octanol–water partition coefficient (Wildman–Crippen LogP) is 3.30. The van der Waals surface area contributed by atoms with Crippen molar-refractivity contribution in [2.75, 3.05) is 5.73 Å². The number of halogens is 1. The fraction of sp³-hybridized carbons (Fsp3) is 0.143. The van der Waals surface area contributed by atoms with E-state index in [1.54, 1.807) is 13.0 Å². The standard InChI is InChI=1S/C14H14FNO/c1-10-7-14(13(16)8-12(10)15)17-9-11-5-3-2-4-6-11/h2-8H,9,16H2,1H3. The number of hydrogen-bond donors (Lipinski definition) is 1. The molecule has 0 saturated heterocycles. The van der Waals surface area contributed by atoms with Crippen LogP contribution in [-0.4, -0.2) is 0 Å². The highest BCUT2D eigenvalue weighted by Crippen LogP contribution is 2.25. The van der Waals surface area contributed by atoms with Crippen LogP contribution in [-0.2, 0) is 6.61 Å². The van der Waals surface area contributed by atoms with Gasteiger partial charge in [-0.3, -0.25) is 0 Å². The zero-order valence-corrected chi connectivity index (χ0v) is 9.61. The highest BCUT2D eigenvalue weighted by atomic mass is 19.1. The van der Waals surface area contributed by atoms with Crippen LogP contribution in [0.25, 0.3) is 0 Å². The Kier molecular flexibility index (Phi) is 3.28. The fourth-order valence-corrected chi connectivity index (χ4v) is 1.53. The molecule has 0 aliphatic rings. The van der Waals surface area contributed by atoms with E-state index < -0.39 is 0 Å². The smallest absolute Gasteiger partial charge is 0.143 e. The maximum atomic E-state index is 13.2. The van der Waals surface area contributed by atoms with Crippen molar-refractivity contribution < 1.29 is 9.13 Å². The second kappa shape index (κ2) is 4.87. The van der Waals surface area contributed by atoms with Gasteiger partial charge in [0.05, 0.1) is 5.69 Å². The summed E-state index contributed by atoms with van der Waals surface area (Å²) >= 11 is 0. The molecule has 17 heavy (non-hydrogen) atoms. The predicted molar refractivity (Wildman–Crippen MR) is 66.3 cm³/mol. The minimum atomic E-state index is -0.311. The molecule has 3 heteroatoms. The van der Waals surface area contributed by atoms with E-state index in [4.69, 9.17) is 10.5 Å². The van der Waals surface area contributed by atoms with Gasteiger partial charge in [-0.25, -0.2) is 4.39 Å². The van der Waals surface area contributed by atoms with Crippen molar-refractivity contribution in [1.29, 1.82) is 0 Å². The summed E-state index contributed by atoms with van der Waals surface area (Å²) in [6.07, 6.45) is 0. The first-order valence-electron chi connectivity index (χ1n) is 5.39. The molecule has 0 bridgehead atoms. The highest BCUT2D eigenvalue weighted by Gasteiger charge is 2.05. The Hall–Kier alpha value is -2.03. The molecule has 0 aromatic heterocycles. The molecule has 0 aliphatic heterocycles. The molecule has 2 aromatic carbocycles. The molecule has 0 unspecified atom stereocenters. The van der Waals surface area contributed by atoms with Crippen molar-refractivity contribution in [3.63, 3.8) is 0 Å². The van der Waals surface area contributed by atoms with E-state index in [2.05, 4.69) is 0 Å². The van der Waals surface area contributed by atoms with E-state index in [1.165, 1.54) is 6.07 Å². The van der Waals surface area contributed by atoms with Gasteiger partial charge in [0.1, 0.15) is 18.2 Å². The summed E-state index contributed by atoms with van der Waals surface area (Å²) in [5, 5.41) is 0. The van der Waals surface area contributed by atoms with Crippen LogP contribution in [0.1, 0.15) is 11.1 Å². The average Bonchev–Trinajstić information content (AvgIpc) is 2.33. The first kappa shape index (κ1) is 11.5. The van der Waals surface area contributed by atoms with Crippen LogP contribution in [0.5, 0.6) is 5.75 Å². The zero-order valence-electron chi connectivity index (χ0n) is 9.61. The first-order valence-corrected chi connectivity index (χ1v) is 5.39. The topological polar surface area (TPSA) is 35.2 Å². The van der Waals surface area contributed by atoms with Crippen LogP contribution in [0.2, 0.25) is 0 Å². The Morgan fingerprint density at radius 3 is 2.59 bits per heavy atom. The number of anilines is 1. The lowest BCUT2D eigenvalue weighted by Crippen LogP contribution is -2.00. The molecule has 0 amide bonds. The number of benzene rings is 2. The molecule has 0 heterocycles. The summed E-state index contributed by atoms with van der Waals surface area (Å²) in [7, 11) is 0. The highest BCUT2D eigenvalue weighted by molar-refractivity contribution is 5.54. The van der Waals surface area contributed by atoms with Crippen LogP contribution in [0.4, 0.5) is 10.1 Å². The summed E-state index contributed by atoms with van der Waals surface area (Å²) in [5.74, 6) is 0.210. The fourth-order valence-electron chi connectivity index (χ4n) is 1.53. The van der Waals surface area contributed by atoms with Crippen molar-refractivity contribution >= 4 is 5.69 Å². The summed E-state index contributed by atoms with van der Waals surface area (Å²) in [5.41, 5.74) is 7.59. The van der Waals surface area contributed by atoms with E-state index in [0.29, 0.717) is 23.6 Å². The van der Waals surface area contributed by atoms with Crippen molar-refractivity contribution in [2.24, 2.45) is 0 Å². The van der Waals surface area contributed by atoms with Gasteiger partial charge < -0.3 is 10.5 Å². The van der Waals surface area contributed by atoms with Crippen molar-refractivity contribution in [3.8, 4) is 5.75 Å². The molecular weight excluding hydrogens is 217 g/mol. The second-order valence-electron chi connectivity index (χ2n) is 3.91. The summed E-state index contributed by atoms with van der Waals surface area (Å²) in [4.78, 5) is 0. The number of ether oxygens (including phenoxy) is 1. The van der Waals surface area contributed by atoms with Gasteiger partial charge in [0.2, 0.25) is 0 Å². The molecule has 0 radical (unpaired) electrons. The lowest BCUT2D eigenvalue weighted by Gasteiger charge is -2.10. The maximum Gasteiger partial charge on any atom is 0.143 e. The molecule has 0 spiro atoms. The minimum absolute atomic E-state index is 0.311. The molecule has 0 atom stereocenters. The molecule has 88 valence electrons. The van der Waals surface area contributed by atoms with Gasteiger partial charge in [0.25, 0.3) is 0 Å². The van der Waals surface area contributed by atoms with Gasteiger partial charge in [0.15, 0.2) is 0 Å². The Morgan fingerprint density at radius 1 is 1.18 bits per heavy atom. The molecule has 0 saturated carbocycles. The number of nitrogens with two attached hydrogens (primary N) is 1. The van der Waals surface area contributed by atoms with Crippen molar-refractivity contribution in [3.05, 3.63) is 59.4 Å². The second-order valence-corrected chi connectivity index (χ2v) is 3.91. The summed E-state index contributed by atoms with van der Waals surface area (Å²) in [6, 6.07) is 12.7. The first-order chi connectivity index (χ1) is 8.16. The van der Waals surface area contributed by atoms with Crippen LogP contribution in [0, 0.1) is 12.7 Å². The molecule has 2 N–H and O–H groups in total. The molecule has 2 aromatic rings. The maximum absolute atomic E-state index is 13.2. The van der Waals surface area contributed by atoms with Gasteiger partial charge in [-0.15, -0.1) is 0 Å². The third-order valence-electron chi connectivity index (χ3n) is 2.53. The van der Waals surface area contributed by atoms with Gasteiger partial charge >= 0.3 is 0 Å². The quantitative estimate of drug-likeness (QED) is 0.822. The molecular formula is C14H14FNO. The van der Waals surface area contributed by atoms with E-state index in [9.17, 15) is 4.39 Å². The van der Waals surface area contributed by atoms with Crippen LogP contribution < -0.4 is 10.5 Å². The van der Waals surface area contributed by atoms with Gasteiger partial charge in [-0.2, -0.15) is 0 Å². The van der Waals surface area contributed by atoms with Crippen LogP contribution >= 0.6 is 0 Å². The van der Waals surface area contributed by atoms with E-state index in [1.807, 2.05) is 30.3 Å². The monoisotopic (exact) mass is 231 g/mol. The third kappa shape index (κ3) is 2.75. The SMILES string of the molecule is Cc1cc(OCc2ccccc2)c(N)cc1F. The number of nitrogen functional groups attached to an aromatic ring is 1. The number of rotatable bonds is 3. The van der Waals surface area contributed by atoms with Crippen LogP contribution in [0.15, 0.2) is 42.5 Å². The Morgan fingerprint density at radius 2 is 1.88 bits per heavy atom. The summed E-state index contributed by atoms with van der Waals surface area (Å²) in [6.45, 7) is 2.11. The lowest BCUT2D eigenvalue weighted by molar-refractivity contribution is 0.307. The minimum Gasteiger partial charge on any atom is -0.487 e. The normalized spacial score (nSPS) is 10.2. The number of hydrogen-bond acceptors (Lipinski definition) is 2. The van der Waals surface area contributed by atoms with Gasteiger partial charge in [-0.05, 0) is 24.1 Å². The summed E-state index contributed by atoms with van der Waals surface area (Å²) < 4.78 is 18.8. The Balaban J connectivity index is 2.12. The lowest BCUT2D eigenvalue weighted by atomic mass is 10.2. The Bertz CT molecular complexity index is 511. The van der Waals surface area contributed by atoms with Crippen LogP contribution in [0.3, 0.4) is 0 Å². The van der Waals surface area contributed by atoms with E-state index >= 15 is 0 Å². The number of aryl methyl sites for hydroxylation is 1. The zero-order chi connectivity index (χ0) is 12.3. The van der Waals surface area contributed by atoms with E-state index in [-0.39, 0.29) is 5.82 Å². The molecule has 0 aliphatic carbocycles. The molecule has 0 fully saturated rings. The van der Waals surface area contributed by atoms with Crippen molar-refractivity contribution in [2.45, 2.75) is 13.5 Å². The van der Waals surface area contributed by atoms with Crippen molar-refractivity contribution in [1.82, 2.24) is 0 Å². The largest absolute Gasteiger partial charge is 0.487 e. The van der Waals surface area contributed by atoms with Gasteiger partial charge in [-0.1, -0.05) is 30.3 Å². The molecule has 2 rings (SSSR count). The van der Waals surface area contributed by atoms with E-state index in [0.717, 1.165) is 5.56 Å². The third-order valence-corrected chi connectivity index (χ3v) is 2.53.